The molecule has 0 atom stereocenters. The van der Waals surface area contributed by atoms with Gasteiger partial charge >= 0.3 is 5.76 Å². The molecule has 1 amide bonds. The molecule has 0 saturated carbocycles. The Morgan fingerprint density at radius 2 is 1.80 bits per heavy atom. The van der Waals surface area contributed by atoms with E-state index in [1.54, 1.807) is 22.6 Å². The van der Waals surface area contributed by atoms with Gasteiger partial charge < -0.3 is 11.1 Å². The van der Waals surface area contributed by atoms with Crippen LogP contribution in [0.25, 0.3) is 10.2 Å². The number of amides is 1. The maximum atomic E-state index is 12.9. The average molecular weight is 450 g/mol. The van der Waals surface area contributed by atoms with Crippen LogP contribution >= 0.6 is 11.3 Å². The molecular formula is C17H18B2F2N4O3S2. The highest BCUT2D eigenvalue weighted by Crippen LogP contribution is 2.35. The third-order valence-electron chi connectivity index (χ3n) is 4.91. The molecule has 0 aliphatic rings. The summed E-state index contributed by atoms with van der Waals surface area (Å²) in [6.45, 7) is 3.66. The highest BCUT2D eigenvalue weighted by atomic mass is 32.2. The number of alkyl halides is 2. The van der Waals surface area contributed by atoms with Crippen molar-refractivity contribution in [1.29, 1.82) is 0 Å². The van der Waals surface area contributed by atoms with E-state index in [4.69, 9.17) is 5.73 Å². The summed E-state index contributed by atoms with van der Waals surface area (Å²) in [5.74, 6) is -3.93. The Kier molecular flexibility index (Phi) is 5.63. The number of thiophene rings is 1. The zero-order valence-electron chi connectivity index (χ0n) is 16.7. The number of nitrogens with one attached hydrogen (secondary N) is 1. The summed E-state index contributed by atoms with van der Waals surface area (Å²) in [7, 11) is -1.26. The smallest absolute Gasteiger partial charge is 0.341 e. The van der Waals surface area contributed by atoms with E-state index < -0.39 is 31.7 Å². The third-order valence-corrected chi connectivity index (χ3v) is 7.39. The standard InChI is InChI=1S/C17H18B2F2N4O3S2/c1-7-8(2)24-25-15-11(7)12(22)13(29-15)14(26)23-17(18,19)9-3-5-10(6-4-9)30(27,28)16(20)21/h3-6,16H,18-19,22H2,1-2H3,(H,23,26). The molecule has 0 saturated heterocycles. The fraction of sp³-hybridized carbons (Fsp3) is 0.235. The molecular weight excluding hydrogens is 432 g/mol. The van der Waals surface area contributed by atoms with Gasteiger partial charge in [0.05, 0.1) is 16.3 Å². The number of aromatic nitrogens is 2. The van der Waals surface area contributed by atoms with Crippen LogP contribution in [-0.4, -0.2) is 46.0 Å². The molecule has 3 N–H and O–H groups in total. The second-order valence-corrected chi connectivity index (χ2v) is 10.3. The first-order chi connectivity index (χ1) is 13.9. The number of carbonyl (C=O) groups excluding carboxylic acids is 1. The molecule has 0 aliphatic carbocycles. The topological polar surface area (TPSA) is 115 Å². The largest absolute Gasteiger partial charge is 0.397 e. The predicted molar refractivity (Wildman–Crippen MR) is 117 cm³/mol. The van der Waals surface area contributed by atoms with E-state index in [0.717, 1.165) is 34.7 Å². The second kappa shape index (κ2) is 7.62. The van der Waals surface area contributed by atoms with Gasteiger partial charge in [0.25, 0.3) is 5.91 Å². The molecule has 2 aromatic heterocycles. The summed E-state index contributed by atoms with van der Waals surface area (Å²) in [6, 6.07) is 4.98. The van der Waals surface area contributed by atoms with E-state index in [0.29, 0.717) is 21.5 Å². The number of aryl methyl sites for hydroxylation is 2. The van der Waals surface area contributed by atoms with Gasteiger partial charge in [0.15, 0.2) is 0 Å². The average Bonchev–Trinajstić information content (AvgIpc) is 3.01. The molecule has 156 valence electrons. The van der Waals surface area contributed by atoms with Gasteiger partial charge in [0.2, 0.25) is 9.84 Å². The lowest BCUT2D eigenvalue weighted by atomic mass is 9.58. The molecule has 0 aliphatic heterocycles. The van der Waals surface area contributed by atoms with E-state index in [2.05, 4.69) is 15.5 Å². The minimum atomic E-state index is -4.68. The number of nitrogens with two attached hydrogens (primary N) is 1. The lowest BCUT2D eigenvalue weighted by Gasteiger charge is -2.27. The molecule has 30 heavy (non-hydrogen) atoms. The van der Waals surface area contributed by atoms with Crippen molar-refractivity contribution in [2.75, 3.05) is 5.73 Å². The number of sulfone groups is 1. The molecule has 3 rings (SSSR count). The summed E-state index contributed by atoms with van der Waals surface area (Å²) in [5.41, 5.74) is 8.63. The van der Waals surface area contributed by atoms with Gasteiger partial charge in [-0.05, 0) is 37.1 Å². The van der Waals surface area contributed by atoms with Crippen molar-refractivity contribution in [2.45, 2.75) is 29.8 Å². The Morgan fingerprint density at radius 3 is 2.37 bits per heavy atom. The number of nitrogen functional groups attached to an aromatic ring is 1. The number of carbonyl (C=O) groups is 1. The summed E-state index contributed by atoms with van der Waals surface area (Å²) >= 11 is 1.13. The Labute approximate surface area is 177 Å². The molecule has 0 unspecified atom stereocenters. The summed E-state index contributed by atoms with van der Waals surface area (Å²) in [6.07, 6.45) is 0. The monoisotopic (exact) mass is 450 g/mol. The van der Waals surface area contributed by atoms with Crippen LogP contribution in [0.2, 0.25) is 0 Å². The molecule has 0 fully saturated rings. The van der Waals surface area contributed by atoms with Crippen LogP contribution in [0.5, 0.6) is 0 Å². The van der Waals surface area contributed by atoms with Crippen LogP contribution in [0.1, 0.15) is 26.5 Å². The van der Waals surface area contributed by atoms with Crippen molar-refractivity contribution in [3.8, 4) is 0 Å². The van der Waals surface area contributed by atoms with Crippen molar-refractivity contribution in [1.82, 2.24) is 15.5 Å². The molecule has 2 heterocycles. The van der Waals surface area contributed by atoms with E-state index in [-0.39, 0.29) is 4.88 Å². The zero-order chi connectivity index (χ0) is 22.4. The Bertz CT molecular complexity index is 1250. The quantitative estimate of drug-likeness (QED) is 0.554. The van der Waals surface area contributed by atoms with Crippen LogP contribution in [0.4, 0.5) is 14.5 Å². The van der Waals surface area contributed by atoms with Gasteiger partial charge in [-0.15, -0.1) is 16.4 Å². The second-order valence-electron chi connectivity index (χ2n) is 7.34. The van der Waals surface area contributed by atoms with Crippen molar-refractivity contribution < 1.29 is 22.0 Å². The zero-order valence-corrected chi connectivity index (χ0v) is 18.3. The molecule has 13 heteroatoms. The van der Waals surface area contributed by atoms with Gasteiger partial charge in [-0.3, -0.25) is 4.79 Å². The van der Waals surface area contributed by atoms with Crippen molar-refractivity contribution in [3.05, 3.63) is 46.0 Å². The van der Waals surface area contributed by atoms with Crippen LogP contribution < -0.4 is 11.1 Å². The Balaban J connectivity index is 1.90. The first kappa shape index (κ1) is 22.2. The van der Waals surface area contributed by atoms with Gasteiger partial charge in [0, 0.05) is 10.7 Å². The fourth-order valence-corrected chi connectivity index (χ4v) is 4.70. The summed E-state index contributed by atoms with van der Waals surface area (Å²) < 4.78 is 48.6. The van der Waals surface area contributed by atoms with Crippen LogP contribution in [0, 0.1) is 13.8 Å². The predicted octanol–water partition coefficient (Wildman–Crippen LogP) is 0.693. The summed E-state index contributed by atoms with van der Waals surface area (Å²) in [5, 5.41) is 10.8. The van der Waals surface area contributed by atoms with Crippen LogP contribution in [0.15, 0.2) is 29.2 Å². The first-order valence-electron chi connectivity index (χ1n) is 8.83. The van der Waals surface area contributed by atoms with Crippen LogP contribution in [0.3, 0.4) is 0 Å². The number of hydrogen-bond donors (Lipinski definition) is 2. The van der Waals surface area contributed by atoms with E-state index in [9.17, 15) is 22.0 Å². The number of rotatable bonds is 5. The lowest BCUT2D eigenvalue weighted by molar-refractivity contribution is 0.0947. The van der Waals surface area contributed by atoms with Gasteiger partial charge in [-0.2, -0.15) is 13.9 Å². The van der Waals surface area contributed by atoms with Gasteiger partial charge in [-0.1, -0.05) is 12.1 Å². The number of halogens is 2. The van der Waals surface area contributed by atoms with E-state index >= 15 is 0 Å². The fourth-order valence-electron chi connectivity index (χ4n) is 2.99. The van der Waals surface area contributed by atoms with E-state index in [1.165, 1.54) is 12.1 Å². The molecule has 3 aromatic rings. The number of benzene rings is 1. The molecule has 0 spiro atoms. The van der Waals surface area contributed by atoms with Crippen molar-refractivity contribution >= 4 is 58.7 Å². The molecule has 1 aromatic carbocycles. The number of hydrogen-bond acceptors (Lipinski definition) is 7. The Hall–Kier alpha value is -2.53. The maximum Gasteiger partial charge on any atom is 0.341 e. The third kappa shape index (κ3) is 3.79. The summed E-state index contributed by atoms with van der Waals surface area (Å²) in [4.78, 5) is 13.3. The van der Waals surface area contributed by atoms with Gasteiger partial charge in [-0.25, -0.2) is 8.42 Å². The number of nitrogens with zero attached hydrogens (tertiary/aromatic N) is 2. The Morgan fingerprint density at radius 1 is 1.20 bits per heavy atom. The number of anilines is 1. The SMILES string of the molecule is BC(B)(NC(=O)c1sc2nnc(C)c(C)c2c1N)c1ccc(S(=O)(=O)C(F)F)cc1. The van der Waals surface area contributed by atoms with Gasteiger partial charge in [0.1, 0.15) is 25.4 Å². The van der Waals surface area contributed by atoms with Crippen molar-refractivity contribution in [2.24, 2.45) is 0 Å². The van der Waals surface area contributed by atoms with Crippen molar-refractivity contribution in [3.63, 3.8) is 0 Å². The minimum absolute atomic E-state index is 0.290. The number of fused-ring (bicyclic) bond motifs is 1. The molecule has 7 nitrogen and oxygen atoms in total. The minimum Gasteiger partial charge on any atom is -0.397 e. The van der Waals surface area contributed by atoms with E-state index in [1.807, 2.05) is 6.92 Å². The lowest BCUT2D eigenvalue weighted by Crippen LogP contribution is -2.47. The maximum absolute atomic E-state index is 12.9. The highest BCUT2D eigenvalue weighted by Gasteiger charge is 2.29. The normalized spacial score (nSPS) is 12.4. The first-order valence-corrected chi connectivity index (χ1v) is 11.2. The van der Waals surface area contributed by atoms with Crippen LogP contribution in [-0.2, 0) is 15.2 Å². The molecule has 0 bridgehead atoms. The molecule has 0 radical (unpaired) electrons. The highest BCUT2D eigenvalue weighted by molar-refractivity contribution is 7.91.